The van der Waals surface area contributed by atoms with Gasteiger partial charge in [0.2, 0.25) is 5.91 Å². The van der Waals surface area contributed by atoms with Gasteiger partial charge in [0.05, 0.1) is 11.3 Å². The molecule has 1 heterocycles. The molecule has 1 amide bonds. The maximum Gasteiger partial charge on any atom is 0.435 e. The lowest BCUT2D eigenvalue weighted by Crippen LogP contribution is -2.50. The molecule has 0 atom stereocenters. The molecule has 1 aliphatic rings. The second kappa shape index (κ2) is 11.3. The summed E-state index contributed by atoms with van der Waals surface area (Å²) in [6.07, 6.45) is -9.84. The Morgan fingerprint density at radius 2 is 1.45 bits per heavy atom. The lowest BCUT2D eigenvalue weighted by Gasteiger charge is -2.40. The predicted octanol–water partition coefficient (Wildman–Crippen LogP) is 6.48. The first-order valence-corrected chi connectivity index (χ1v) is 14.1. The van der Waals surface area contributed by atoms with Crippen LogP contribution in [-0.4, -0.2) is 37.7 Å². The van der Waals surface area contributed by atoms with Crippen LogP contribution in [0.1, 0.15) is 42.4 Å². The molecule has 1 saturated carbocycles. The van der Waals surface area contributed by atoms with Gasteiger partial charge in [0, 0.05) is 24.0 Å². The molecule has 14 heteroatoms. The number of nitrogens with one attached hydrogen (secondary N) is 1. The monoisotopic (exact) mass is 620 g/mol. The largest absolute Gasteiger partial charge is 0.435 e. The van der Waals surface area contributed by atoms with Crippen molar-refractivity contribution >= 4 is 15.7 Å². The number of rotatable bonds is 7. The average molecular weight is 621 g/mol. The maximum atomic E-state index is 14.6. The molecule has 0 saturated heterocycles. The number of aromatic nitrogens is 1. The fourth-order valence-corrected chi connectivity index (χ4v) is 7.40. The number of carbonyl (C=O) groups excluding carboxylic acids is 1. The molecular formula is C28H24F8N2O3S. The van der Waals surface area contributed by atoms with Gasteiger partial charge in [-0.25, -0.2) is 17.2 Å². The van der Waals surface area contributed by atoms with E-state index in [-0.39, 0.29) is 60.6 Å². The second-order valence-electron chi connectivity index (χ2n) is 10.1. The topological polar surface area (TPSA) is 76.1 Å². The summed E-state index contributed by atoms with van der Waals surface area (Å²) in [6, 6.07) is 8.70. The van der Waals surface area contributed by atoms with Gasteiger partial charge in [-0.1, -0.05) is 30.3 Å². The molecule has 4 rings (SSSR count). The van der Waals surface area contributed by atoms with Crippen LogP contribution in [0, 0.1) is 5.82 Å². The number of nitrogens with zero attached hydrogens (tertiary/aromatic N) is 1. The highest BCUT2D eigenvalue weighted by Crippen LogP contribution is 2.54. The zero-order valence-electron chi connectivity index (χ0n) is 21.6. The number of benzene rings is 2. The molecule has 3 aromatic rings. The van der Waals surface area contributed by atoms with Crippen molar-refractivity contribution in [2.45, 2.75) is 65.8 Å². The number of hydrogen-bond donors (Lipinski definition) is 1. The lowest BCUT2D eigenvalue weighted by atomic mass is 9.80. The number of carbonyl (C=O) groups is 1. The number of halogens is 8. The molecule has 0 bridgehead atoms. The number of pyridine rings is 1. The molecular weight excluding hydrogens is 596 g/mol. The molecule has 0 spiro atoms. The predicted molar refractivity (Wildman–Crippen MR) is 135 cm³/mol. The highest BCUT2D eigenvalue weighted by atomic mass is 32.2. The quantitative estimate of drug-likeness (QED) is 0.242. The molecule has 2 aromatic carbocycles. The van der Waals surface area contributed by atoms with Crippen LogP contribution in [0.4, 0.5) is 35.1 Å². The Morgan fingerprint density at radius 3 is 1.95 bits per heavy atom. The van der Waals surface area contributed by atoms with E-state index >= 15 is 0 Å². The summed E-state index contributed by atoms with van der Waals surface area (Å²) in [5, 5.41) is 2.81. The van der Waals surface area contributed by atoms with Gasteiger partial charge in [0.15, 0.2) is 9.84 Å². The summed E-state index contributed by atoms with van der Waals surface area (Å²) < 4.78 is 134. The summed E-state index contributed by atoms with van der Waals surface area (Å²) in [7, 11) is -4.42. The molecule has 0 unspecified atom stereocenters. The van der Waals surface area contributed by atoms with Gasteiger partial charge in [-0.05, 0) is 67.1 Å². The van der Waals surface area contributed by atoms with E-state index in [1.54, 1.807) is 12.1 Å². The highest BCUT2D eigenvalue weighted by Gasteiger charge is 2.73. The molecule has 1 N–H and O–H groups in total. The van der Waals surface area contributed by atoms with Gasteiger partial charge in [-0.15, -0.1) is 0 Å². The Bertz CT molecular complexity index is 1490. The molecule has 1 aliphatic carbocycles. The van der Waals surface area contributed by atoms with Gasteiger partial charge in [0.1, 0.15) is 10.6 Å². The first-order valence-electron chi connectivity index (χ1n) is 12.6. The summed E-state index contributed by atoms with van der Waals surface area (Å²) in [5.41, 5.74) is -6.96. The first-order chi connectivity index (χ1) is 19.5. The van der Waals surface area contributed by atoms with Crippen LogP contribution in [0.15, 0.2) is 78.0 Å². The van der Waals surface area contributed by atoms with Crippen LogP contribution >= 0.6 is 0 Å². The Labute approximate surface area is 235 Å². The third-order valence-corrected chi connectivity index (χ3v) is 10.0. The van der Waals surface area contributed by atoms with Crippen LogP contribution in [0.3, 0.4) is 0 Å². The van der Waals surface area contributed by atoms with Gasteiger partial charge in [0.25, 0.3) is 0 Å². The molecule has 0 aliphatic heterocycles. The van der Waals surface area contributed by atoms with Crippen molar-refractivity contribution in [3.8, 4) is 0 Å². The zero-order valence-corrected chi connectivity index (χ0v) is 22.5. The van der Waals surface area contributed by atoms with Crippen molar-refractivity contribution in [1.29, 1.82) is 0 Å². The number of amides is 1. The Morgan fingerprint density at radius 1 is 0.881 bits per heavy atom. The summed E-state index contributed by atoms with van der Waals surface area (Å²) in [6.45, 7) is 0. The van der Waals surface area contributed by atoms with Gasteiger partial charge < -0.3 is 5.32 Å². The van der Waals surface area contributed by atoms with E-state index in [0.29, 0.717) is 5.56 Å². The average Bonchev–Trinajstić information content (AvgIpc) is 2.92. The molecule has 1 fully saturated rings. The van der Waals surface area contributed by atoms with Crippen LogP contribution in [-0.2, 0) is 31.5 Å². The van der Waals surface area contributed by atoms with Crippen LogP contribution in [0.2, 0.25) is 0 Å². The Hall–Kier alpha value is -3.55. The van der Waals surface area contributed by atoms with E-state index in [0.717, 1.165) is 36.4 Å². The first kappa shape index (κ1) is 31.4. The SMILES string of the molecule is O=C(Cc1cccnc1)N[C@H]1CC[C@@](c2ccc(C(F)(C(F)(F)F)C(F)(F)F)cc2)(S(=O)(=O)c2ccc(F)cc2)CC1. The van der Waals surface area contributed by atoms with Crippen molar-refractivity contribution in [3.63, 3.8) is 0 Å². The van der Waals surface area contributed by atoms with Crippen molar-refractivity contribution in [2.24, 2.45) is 0 Å². The Kier molecular flexibility index (Phi) is 8.42. The minimum absolute atomic E-state index is 0.00815. The van der Waals surface area contributed by atoms with Gasteiger partial charge in [-0.3, -0.25) is 9.78 Å². The van der Waals surface area contributed by atoms with Crippen molar-refractivity contribution in [2.75, 3.05) is 0 Å². The molecule has 1 aromatic heterocycles. The zero-order chi connectivity index (χ0) is 31.0. The molecule has 5 nitrogen and oxygen atoms in total. The van der Waals surface area contributed by atoms with Crippen LogP contribution < -0.4 is 5.32 Å². The number of sulfone groups is 1. The number of alkyl halides is 7. The summed E-state index contributed by atoms with van der Waals surface area (Å²) >= 11 is 0. The van der Waals surface area contributed by atoms with Crippen molar-refractivity contribution in [3.05, 3.63) is 95.6 Å². The van der Waals surface area contributed by atoms with Crippen molar-refractivity contribution < 1.29 is 48.3 Å². The minimum Gasteiger partial charge on any atom is -0.353 e. The fourth-order valence-electron chi connectivity index (χ4n) is 5.24. The van der Waals surface area contributed by atoms with E-state index in [2.05, 4.69) is 10.3 Å². The summed E-state index contributed by atoms with van der Waals surface area (Å²) in [4.78, 5) is 16.2. The highest BCUT2D eigenvalue weighted by molar-refractivity contribution is 7.92. The Balaban J connectivity index is 1.68. The second-order valence-corrected chi connectivity index (χ2v) is 12.3. The molecule has 0 radical (unpaired) electrons. The van der Waals surface area contributed by atoms with Crippen LogP contribution in [0.25, 0.3) is 0 Å². The van der Waals surface area contributed by atoms with Gasteiger partial charge in [-0.2, -0.15) is 26.3 Å². The van der Waals surface area contributed by atoms with E-state index in [1.165, 1.54) is 12.4 Å². The standard InChI is InChI=1S/C28H24F8N2O3S/c29-21-7-9-23(10-8-21)42(40,41)25(13-11-22(12-14-25)38-24(39)16-18-2-1-15-37-17-18)19-3-5-20(6-4-19)26(30,27(31,32)33)28(34,35)36/h1-10,15,17,22H,11-14,16H2,(H,38,39)/t22-,25+. The third kappa shape index (κ3) is 5.72. The van der Waals surface area contributed by atoms with Gasteiger partial charge >= 0.3 is 18.0 Å². The summed E-state index contributed by atoms with van der Waals surface area (Å²) in [5.74, 6) is -1.09. The van der Waals surface area contributed by atoms with E-state index in [1.807, 2.05) is 0 Å². The lowest BCUT2D eigenvalue weighted by molar-refractivity contribution is -0.348. The fraction of sp³-hybridized carbons (Fsp3) is 0.357. The van der Waals surface area contributed by atoms with Crippen molar-refractivity contribution in [1.82, 2.24) is 10.3 Å². The number of hydrogen-bond acceptors (Lipinski definition) is 4. The minimum atomic E-state index is -6.34. The van der Waals surface area contributed by atoms with E-state index in [9.17, 15) is 48.3 Å². The van der Waals surface area contributed by atoms with E-state index in [4.69, 9.17) is 0 Å². The van der Waals surface area contributed by atoms with E-state index < -0.39 is 50.0 Å². The molecule has 42 heavy (non-hydrogen) atoms. The normalized spacial score (nSPS) is 20.2. The molecule has 226 valence electrons. The third-order valence-electron chi connectivity index (χ3n) is 7.47. The van der Waals surface area contributed by atoms with Crippen LogP contribution in [0.5, 0.6) is 0 Å². The maximum absolute atomic E-state index is 14.6. The smallest absolute Gasteiger partial charge is 0.353 e.